The average molecular weight is 550 g/mol. The summed E-state index contributed by atoms with van der Waals surface area (Å²) in [7, 11) is 0. The Hall–Kier alpha value is -1.53. The van der Waals surface area contributed by atoms with E-state index in [1.54, 1.807) is 11.1 Å². The van der Waals surface area contributed by atoms with Crippen LogP contribution in [0.3, 0.4) is 0 Å². The summed E-state index contributed by atoms with van der Waals surface area (Å²) in [6.45, 7) is 4.27. The van der Waals surface area contributed by atoms with E-state index in [2.05, 4.69) is 20.9 Å². The number of hydrogen-bond acceptors (Lipinski definition) is 8. The van der Waals surface area contributed by atoms with E-state index in [4.69, 9.17) is 24.7 Å². The van der Waals surface area contributed by atoms with Crippen molar-refractivity contribution in [1.29, 1.82) is 0 Å². The Morgan fingerprint density at radius 1 is 1.29 bits per heavy atom. The molecule has 1 amide bonds. The van der Waals surface area contributed by atoms with Crippen LogP contribution < -0.4 is 5.73 Å². The summed E-state index contributed by atoms with van der Waals surface area (Å²) >= 11 is 4.89. The number of pyridine rings is 1. The second-order valence-electron chi connectivity index (χ2n) is 8.48. The minimum atomic E-state index is -0.501. The Morgan fingerprint density at radius 3 is 2.79 bits per heavy atom. The Morgan fingerprint density at radius 2 is 2.09 bits per heavy atom. The summed E-state index contributed by atoms with van der Waals surface area (Å²) in [5.41, 5.74) is 7.62. The average Bonchev–Trinajstić information content (AvgIpc) is 2.81. The van der Waals surface area contributed by atoms with Gasteiger partial charge in [-0.25, -0.2) is 4.98 Å². The van der Waals surface area contributed by atoms with E-state index < -0.39 is 23.9 Å². The van der Waals surface area contributed by atoms with Crippen LogP contribution in [0.25, 0.3) is 0 Å². The smallest absolute Gasteiger partial charge is 0.273 e. The third-order valence-corrected chi connectivity index (χ3v) is 7.84. The van der Waals surface area contributed by atoms with Crippen molar-refractivity contribution in [3.05, 3.63) is 58.3 Å². The van der Waals surface area contributed by atoms with Gasteiger partial charge in [0, 0.05) is 40.8 Å². The number of nitrogens with two attached hydrogens (primary N) is 1. The van der Waals surface area contributed by atoms with Gasteiger partial charge in [-0.2, -0.15) is 0 Å². The van der Waals surface area contributed by atoms with Gasteiger partial charge in [0.25, 0.3) is 5.91 Å². The number of thioether (sulfide) groups is 1. The molecule has 2 aromatic rings. The van der Waals surface area contributed by atoms with E-state index in [-0.39, 0.29) is 18.1 Å². The van der Waals surface area contributed by atoms with Crippen molar-refractivity contribution >= 4 is 33.6 Å². The highest BCUT2D eigenvalue weighted by Crippen LogP contribution is 2.40. The fraction of sp³-hybridized carbons (Fsp3) is 0.500. The van der Waals surface area contributed by atoms with Gasteiger partial charge in [0.05, 0.1) is 12.6 Å². The number of ether oxygens (including phenoxy) is 4. The van der Waals surface area contributed by atoms with E-state index in [0.717, 1.165) is 34.4 Å². The van der Waals surface area contributed by atoms with Crippen molar-refractivity contribution in [2.24, 2.45) is 5.73 Å². The number of rotatable bonds is 6. The molecule has 1 aromatic carbocycles. The first-order valence-electron chi connectivity index (χ1n) is 11.5. The number of nitrogens with zero attached hydrogens (tertiary/aromatic N) is 2. The number of hydrogen-bond donors (Lipinski definition) is 1. The fourth-order valence-electron chi connectivity index (χ4n) is 4.35. The van der Waals surface area contributed by atoms with Gasteiger partial charge in [-0.3, -0.25) is 4.79 Å². The zero-order chi connectivity index (χ0) is 23.7. The number of amides is 1. The number of halogens is 1. The number of aromatic nitrogens is 1. The Balaban J connectivity index is 1.36. The lowest BCUT2D eigenvalue weighted by Gasteiger charge is -2.48. The molecule has 0 saturated carbocycles. The largest absolute Gasteiger partial charge is 0.373 e. The number of carbonyl (C=O) groups is 1. The number of fused-ring (bicyclic) bond motifs is 1. The second kappa shape index (κ2) is 10.6. The number of carbonyl (C=O) groups excluding carboxylic acids is 1. The van der Waals surface area contributed by atoms with Crippen molar-refractivity contribution in [3.8, 4) is 0 Å². The van der Waals surface area contributed by atoms with E-state index in [1.807, 2.05) is 43.3 Å². The third kappa shape index (κ3) is 4.90. The second-order valence-corrected chi connectivity index (χ2v) is 10.5. The highest BCUT2D eigenvalue weighted by atomic mass is 79.9. The van der Waals surface area contributed by atoms with Crippen LogP contribution in [0.2, 0.25) is 0 Å². The Kier molecular flexibility index (Phi) is 7.55. The molecule has 6 unspecified atom stereocenters. The molecular weight excluding hydrogens is 522 g/mol. The normalized spacial score (nSPS) is 31.0. The van der Waals surface area contributed by atoms with E-state index >= 15 is 0 Å². The van der Waals surface area contributed by atoms with Gasteiger partial charge in [0.2, 0.25) is 0 Å². The molecule has 0 radical (unpaired) electrons. The standard InChI is InChI=1S/C24H28BrN3O5S/c1-2-30-21-18(26)20-16(13-31-23(33-20)14-7-4-3-5-8-14)32-24(21)34-17-11-15(25)12-27-19(17)22(29)28-9-6-10-28/h3-5,7-8,11-12,16,18,20-21,23-24H,2,6,9-10,13,26H2,1H3. The molecule has 3 fully saturated rings. The van der Waals surface area contributed by atoms with Gasteiger partial charge in [-0.15, -0.1) is 0 Å². The first kappa shape index (κ1) is 24.2. The first-order valence-corrected chi connectivity index (χ1v) is 13.2. The minimum absolute atomic E-state index is 0.0674. The van der Waals surface area contributed by atoms with Crippen molar-refractivity contribution in [1.82, 2.24) is 9.88 Å². The van der Waals surface area contributed by atoms with Gasteiger partial charge < -0.3 is 29.6 Å². The van der Waals surface area contributed by atoms with Gasteiger partial charge in [0.1, 0.15) is 29.4 Å². The van der Waals surface area contributed by atoms with Crippen LogP contribution >= 0.6 is 27.7 Å². The molecule has 4 heterocycles. The highest BCUT2D eigenvalue weighted by Gasteiger charge is 2.49. The van der Waals surface area contributed by atoms with Crippen LogP contribution in [0, 0.1) is 0 Å². The number of benzene rings is 1. The Labute approximate surface area is 211 Å². The van der Waals surface area contributed by atoms with Crippen molar-refractivity contribution in [2.75, 3.05) is 26.3 Å². The predicted molar refractivity (Wildman–Crippen MR) is 130 cm³/mol. The lowest BCUT2D eigenvalue weighted by atomic mass is 9.96. The molecule has 10 heteroatoms. The monoisotopic (exact) mass is 549 g/mol. The summed E-state index contributed by atoms with van der Waals surface area (Å²) in [6, 6.07) is 11.3. The fourth-order valence-corrected chi connectivity index (χ4v) is 6.12. The highest BCUT2D eigenvalue weighted by molar-refractivity contribution is 9.10. The van der Waals surface area contributed by atoms with Crippen LogP contribution in [0.4, 0.5) is 0 Å². The molecule has 3 aliphatic rings. The SMILES string of the molecule is CCOC1C(Sc2cc(Br)cnc2C(=O)N2CCC2)OC2COC(c3ccccc3)OC2C1N. The summed E-state index contributed by atoms with van der Waals surface area (Å²) in [6.07, 6.45) is 1.00. The van der Waals surface area contributed by atoms with Crippen LogP contribution in [0.15, 0.2) is 52.0 Å². The predicted octanol–water partition coefficient (Wildman–Crippen LogP) is 3.35. The Bertz CT molecular complexity index is 1010. The summed E-state index contributed by atoms with van der Waals surface area (Å²) in [4.78, 5) is 19.9. The molecule has 182 valence electrons. The van der Waals surface area contributed by atoms with Crippen molar-refractivity contribution in [2.45, 2.75) is 54.3 Å². The molecule has 0 bridgehead atoms. The maximum absolute atomic E-state index is 13.0. The summed E-state index contributed by atoms with van der Waals surface area (Å²) in [5.74, 6) is -0.0674. The van der Waals surface area contributed by atoms with E-state index in [1.165, 1.54) is 11.8 Å². The lowest BCUT2D eigenvalue weighted by Crippen LogP contribution is -2.64. The molecule has 0 spiro atoms. The van der Waals surface area contributed by atoms with E-state index in [9.17, 15) is 4.79 Å². The zero-order valence-corrected chi connectivity index (χ0v) is 21.2. The summed E-state index contributed by atoms with van der Waals surface area (Å²) < 4.78 is 25.5. The topological polar surface area (TPSA) is 96.1 Å². The molecule has 6 atom stereocenters. The molecule has 3 aliphatic heterocycles. The molecule has 34 heavy (non-hydrogen) atoms. The van der Waals surface area contributed by atoms with Crippen LogP contribution in [-0.2, 0) is 18.9 Å². The third-order valence-electron chi connectivity index (χ3n) is 6.23. The van der Waals surface area contributed by atoms with E-state index in [0.29, 0.717) is 18.9 Å². The van der Waals surface area contributed by atoms with Gasteiger partial charge in [0.15, 0.2) is 6.29 Å². The maximum Gasteiger partial charge on any atom is 0.273 e. The molecular formula is C24H28BrN3O5S. The molecule has 0 aliphatic carbocycles. The van der Waals surface area contributed by atoms with Crippen molar-refractivity contribution in [3.63, 3.8) is 0 Å². The van der Waals surface area contributed by atoms with Crippen LogP contribution in [-0.4, -0.2) is 71.9 Å². The van der Waals surface area contributed by atoms with Gasteiger partial charge >= 0.3 is 0 Å². The van der Waals surface area contributed by atoms with Crippen LogP contribution in [0.5, 0.6) is 0 Å². The minimum Gasteiger partial charge on any atom is -0.373 e. The number of likely N-dealkylation sites (tertiary alicyclic amines) is 1. The first-order chi connectivity index (χ1) is 16.5. The van der Waals surface area contributed by atoms with Gasteiger partial charge in [-0.1, -0.05) is 42.1 Å². The molecule has 2 N–H and O–H groups in total. The molecule has 5 rings (SSSR count). The quantitative estimate of drug-likeness (QED) is 0.585. The van der Waals surface area contributed by atoms with Crippen molar-refractivity contribution < 1.29 is 23.7 Å². The summed E-state index contributed by atoms with van der Waals surface area (Å²) in [5, 5.41) is 0. The zero-order valence-electron chi connectivity index (χ0n) is 18.8. The molecule has 1 aromatic heterocycles. The lowest BCUT2D eigenvalue weighted by molar-refractivity contribution is -0.300. The van der Waals surface area contributed by atoms with Gasteiger partial charge in [-0.05, 0) is 35.3 Å². The molecule has 8 nitrogen and oxygen atoms in total. The molecule has 3 saturated heterocycles. The maximum atomic E-state index is 13.0. The van der Waals surface area contributed by atoms with Crippen LogP contribution in [0.1, 0.15) is 35.7 Å².